The van der Waals surface area contributed by atoms with Crippen LogP contribution in [0.2, 0.25) is 0 Å². The number of amides is 1. The Balaban J connectivity index is 1.50. The van der Waals surface area contributed by atoms with Crippen molar-refractivity contribution >= 4 is 16.8 Å². The predicted molar refractivity (Wildman–Crippen MR) is 111 cm³/mol. The summed E-state index contributed by atoms with van der Waals surface area (Å²) in [6.07, 6.45) is -2.08. The maximum atomic E-state index is 15.0. The number of carbonyl (C=O) groups excluding carboxylic acids is 1. The monoisotopic (exact) mass is 474 g/mol. The molecule has 0 bridgehead atoms. The molecule has 3 heterocycles. The van der Waals surface area contributed by atoms with Gasteiger partial charge in [0.15, 0.2) is 5.75 Å². The zero-order chi connectivity index (χ0) is 24.2. The minimum Gasteiger partial charge on any atom is -0.403 e. The minimum atomic E-state index is -4.92. The van der Waals surface area contributed by atoms with Gasteiger partial charge in [-0.2, -0.15) is 5.10 Å². The van der Waals surface area contributed by atoms with Crippen LogP contribution < -0.4 is 4.74 Å². The fraction of sp³-hybridized carbons (Fsp3) is 0.174. The quantitative estimate of drug-likeness (QED) is 0.392. The standard InChI is InChI=1S/C23H15F5N4O2/c1-31-21-15(9-30-31)13(4-5-20(21)34-23(26,27)28)12-7-17(24)16(18(25)8-12)10-32-11-19-14(22(32)33)3-2-6-29-19/h2-9H,10-11H2,1H3. The number of aryl methyl sites for hydroxylation is 1. The third-order valence-electron chi connectivity index (χ3n) is 5.64. The average molecular weight is 474 g/mol. The van der Waals surface area contributed by atoms with Gasteiger partial charge in [0.05, 0.1) is 30.5 Å². The zero-order valence-electron chi connectivity index (χ0n) is 17.5. The summed E-state index contributed by atoms with van der Waals surface area (Å²) in [5.41, 5.74) is 1.02. The van der Waals surface area contributed by atoms with E-state index < -0.39 is 23.7 Å². The summed E-state index contributed by atoms with van der Waals surface area (Å²) in [6.45, 7) is -0.166. The summed E-state index contributed by atoms with van der Waals surface area (Å²) in [6, 6.07) is 7.73. The molecule has 174 valence electrons. The molecule has 4 aromatic rings. The van der Waals surface area contributed by atoms with E-state index in [1.54, 1.807) is 12.1 Å². The fourth-order valence-corrected chi connectivity index (χ4v) is 4.12. The van der Waals surface area contributed by atoms with Crippen LogP contribution >= 0.6 is 0 Å². The van der Waals surface area contributed by atoms with E-state index >= 15 is 8.78 Å². The van der Waals surface area contributed by atoms with Crippen molar-refractivity contribution in [2.24, 2.45) is 7.05 Å². The Kier molecular flexibility index (Phi) is 4.99. The van der Waals surface area contributed by atoms with Crippen LogP contribution in [0.4, 0.5) is 22.0 Å². The van der Waals surface area contributed by atoms with Gasteiger partial charge in [0.1, 0.15) is 17.2 Å². The van der Waals surface area contributed by atoms with Crippen LogP contribution in [0.3, 0.4) is 0 Å². The maximum absolute atomic E-state index is 15.0. The Labute approximate surface area is 189 Å². The molecule has 1 aliphatic heterocycles. The second kappa shape index (κ2) is 7.79. The second-order valence-corrected chi connectivity index (χ2v) is 7.77. The lowest BCUT2D eigenvalue weighted by atomic mass is 9.99. The average Bonchev–Trinajstić information content (AvgIpc) is 3.31. The minimum absolute atomic E-state index is 0.0210. The van der Waals surface area contributed by atoms with E-state index in [1.807, 2.05) is 0 Å². The molecular weight excluding hydrogens is 459 g/mol. The van der Waals surface area contributed by atoms with E-state index in [0.29, 0.717) is 11.3 Å². The lowest BCUT2D eigenvalue weighted by Crippen LogP contribution is -2.24. The highest BCUT2D eigenvalue weighted by molar-refractivity contribution is 5.98. The SMILES string of the molecule is Cn1ncc2c(-c3cc(F)c(CN4Cc5ncccc5C4=O)c(F)c3)ccc(OC(F)(F)F)c21. The molecule has 0 atom stereocenters. The van der Waals surface area contributed by atoms with Crippen molar-refractivity contribution in [2.75, 3.05) is 0 Å². The number of alkyl halides is 3. The van der Waals surface area contributed by atoms with Gasteiger partial charge in [0.2, 0.25) is 0 Å². The second-order valence-electron chi connectivity index (χ2n) is 7.77. The molecule has 2 aromatic heterocycles. The van der Waals surface area contributed by atoms with E-state index in [-0.39, 0.29) is 46.6 Å². The number of aromatic nitrogens is 3. The van der Waals surface area contributed by atoms with E-state index in [9.17, 15) is 18.0 Å². The highest BCUT2D eigenvalue weighted by Gasteiger charge is 2.33. The van der Waals surface area contributed by atoms with Crippen LogP contribution in [-0.2, 0) is 20.1 Å². The fourth-order valence-electron chi connectivity index (χ4n) is 4.12. The van der Waals surface area contributed by atoms with Crippen molar-refractivity contribution in [3.63, 3.8) is 0 Å². The molecule has 0 N–H and O–H groups in total. The number of rotatable bonds is 4. The molecule has 0 saturated heterocycles. The van der Waals surface area contributed by atoms with Gasteiger partial charge in [-0.15, -0.1) is 13.2 Å². The van der Waals surface area contributed by atoms with Crippen molar-refractivity contribution in [2.45, 2.75) is 19.5 Å². The van der Waals surface area contributed by atoms with E-state index in [0.717, 1.165) is 18.2 Å². The molecule has 0 aliphatic carbocycles. The number of hydrogen-bond donors (Lipinski definition) is 0. The van der Waals surface area contributed by atoms with Gasteiger partial charge in [-0.1, -0.05) is 0 Å². The lowest BCUT2D eigenvalue weighted by molar-refractivity contribution is -0.274. The molecule has 0 spiro atoms. The van der Waals surface area contributed by atoms with Crippen LogP contribution in [0.5, 0.6) is 5.75 Å². The Morgan fingerprint density at radius 2 is 1.82 bits per heavy atom. The number of ether oxygens (including phenoxy) is 1. The number of fused-ring (bicyclic) bond motifs is 2. The Hall–Kier alpha value is -4.02. The number of hydrogen-bond acceptors (Lipinski definition) is 4. The smallest absolute Gasteiger partial charge is 0.403 e. The first-order chi connectivity index (χ1) is 16.1. The number of carbonyl (C=O) groups is 1. The molecule has 11 heteroatoms. The van der Waals surface area contributed by atoms with Gasteiger partial charge in [0.25, 0.3) is 5.91 Å². The molecule has 2 aromatic carbocycles. The van der Waals surface area contributed by atoms with Crippen LogP contribution in [-0.4, -0.2) is 31.9 Å². The molecule has 0 fully saturated rings. The van der Waals surface area contributed by atoms with E-state index in [1.165, 1.54) is 35.1 Å². The molecule has 0 unspecified atom stereocenters. The zero-order valence-corrected chi connectivity index (χ0v) is 17.5. The van der Waals surface area contributed by atoms with Crippen LogP contribution in [0.1, 0.15) is 21.6 Å². The number of nitrogens with zero attached hydrogens (tertiary/aromatic N) is 4. The van der Waals surface area contributed by atoms with Gasteiger partial charge < -0.3 is 9.64 Å². The van der Waals surface area contributed by atoms with Gasteiger partial charge in [-0.25, -0.2) is 8.78 Å². The molecule has 1 amide bonds. The van der Waals surface area contributed by atoms with E-state index in [2.05, 4.69) is 14.8 Å². The van der Waals surface area contributed by atoms with Crippen molar-refractivity contribution < 1.29 is 31.5 Å². The largest absolute Gasteiger partial charge is 0.573 e. The number of pyridine rings is 1. The van der Waals surface area contributed by atoms with Crippen molar-refractivity contribution in [1.29, 1.82) is 0 Å². The first-order valence-corrected chi connectivity index (χ1v) is 10.0. The van der Waals surface area contributed by atoms with Crippen molar-refractivity contribution in [3.05, 3.63) is 77.2 Å². The Morgan fingerprint density at radius 1 is 1.09 bits per heavy atom. The summed E-state index contributed by atoms with van der Waals surface area (Å²) in [5.74, 6) is -2.63. The topological polar surface area (TPSA) is 60.2 Å². The summed E-state index contributed by atoms with van der Waals surface area (Å²) >= 11 is 0. The van der Waals surface area contributed by atoms with Crippen LogP contribution in [0.15, 0.2) is 48.8 Å². The van der Waals surface area contributed by atoms with Crippen LogP contribution in [0, 0.1) is 11.6 Å². The normalized spacial score (nSPS) is 13.6. The molecule has 34 heavy (non-hydrogen) atoms. The number of benzene rings is 2. The molecule has 5 rings (SSSR count). The lowest BCUT2D eigenvalue weighted by Gasteiger charge is -2.17. The first kappa shape index (κ1) is 21.8. The van der Waals surface area contributed by atoms with Gasteiger partial charge in [0, 0.05) is 24.2 Å². The summed E-state index contributed by atoms with van der Waals surface area (Å²) in [7, 11) is 1.43. The van der Waals surface area contributed by atoms with Crippen molar-refractivity contribution in [3.8, 4) is 16.9 Å². The summed E-state index contributed by atoms with van der Waals surface area (Å²) in [5, 5.41) is 4.19. The summed E-state index contributed by atoms with van der Waals surface area (Å²) < 4.78 is 73.6. The summed E-state index contributed by atoms with van der Waals surface area (Å²) in [4.78, 5) is 17.9. The van der Waals surface area contributed by atoms with E-state index in [4.69, 9.17) is 0 Å². The highest BCUT2D eigenvalue weighted by Crippen LogP contribution is 2.37. The number of halogens is 5. The Morgan fingerprint density at radius 3 is 2.50 bits per heavy atom. The Bertz CT molecular complexity index is 1420. The molecule has 0 radical (unpaired) electrons. The van der Waals surface area contributed by atoms with Crippen LogP contribution in [0.25, 0.3) is 22.0 Å². The molecule has 6 nitrogen and oxygen atoms in total. The van der Waals surface area contributed by atoms with Gasteiger partial charge in [-0.05, 0) is 47.5 Å². The predicted octanol–water partition coefficient (Wildman–Crippen LogP) is 4.97. The third-order valence-corrected chi connectivity index (χ3v) is 5.64. The van der Waals surface area contributed by atoms with Gasteiger partial charge in [-0.3, -0.25) is 14.5 Å². The third kappa shape index (κ3) is 3.72. The highest BCUT2D eigenvalue weighted by atomic mass is 19.4. The molecule has 0 saturated carbocycles. The van der Waals surface area contributed by atoms with Crippen molar-refractivity contribution in [1.82, 2.24) is 19.7 Å². The van der Waals surface area contributed by atoms with Gasteiger partial charge >= 0.3 is 6.36 Å². The maximum Gasteiger partial charge on any atom is 0.573 e. The molecular formula is C23H15F5N4O2. The molecule has 1 aliphatic rings. The first-order valence-electron chi connectivity index (χ1n) is 10.0.